The average molecular weight is 331 g/mol. The average Bonchev–Trinajstić information content (AvgIpc) is 2.62. The zero-order valence-corrected chi connectivity index (χ0v) is 15.3. The van der Waals surface area contributed by atoms with Crippen molar-refractivity contribution < 1.29 is 4.74 Å². The largest absolute Gasteiger partial charge is 0.496 e. The number of benzene rings is 3. The monoisotopic (exact) mass is 331 g/mol. The quantitative estimate of drug-likeness (QED) is 0.605. The van der Waals surface area contributed by atoms with E-state index in [0.29, 0.717) is 0 Å². The van der Waals surface area contributed by atoms with Crippen LogP contribution in [0.3, 0.4) is 0 Å². The van der Waals surface area contributed by atoms with E-state index in [1.54, 1.807) is 7.11 Å². The lowest BCUT2D eigenvalue weighted by atomic mass is 10.0. The van der Waals surface area contributed by atoms with Crippen molar-refractivity contribution >= 4 is 5.69 Å². The summed E-state index contributed by atoms with van der Waals surface area (Å²) in [4.78, 5) is 0. The summed E-state index contributed by atoms with van der Waals surface area (Å²) < 4.78 is 5.45. The standard InChI is InChI=1S/C23H25NO/c1-16-14-22(15-17(2)23(16)25-4)24-18(3)19-10-12-21(13-11-19)20-8-6-5-7-9-20/h5-15,18,24H,1-4H3/t18-/m1/s1. The molecule has 0 fully saturated rings. The fraction of sp³-hybridized carbons (Fsp3) is 0.217. The van der Waals surface area contributed by atoms with Gasteiger partial charge in [-0.1, -0.05) is 54.6 Å². The molecule has 2 nitrogen and oxygen atoms in total. The van der Waals surface area contributed by atoms with Crippen molar-refractivity contribution in [3.05, 3.63) is 83.4 Å². The van der Waals surface area contributed by atoms with Crippen LogP contribution in [0.5, 0.6) is 5.75 Å². The van der Waals surface area contributed by atoms with Gasteiger partial charge in [0.05, 0.1) is 7.11 Å². The summed E-state index contributed by atoms with van der Waals surface area (Å²) in [5.74, 6) is 0.963. The molecule has 0 aromatic heterocycles. The minimum absolute atomic E-state index is 0.233. The lowest BCUT2D eigenvalue weighted by molar-refractivity contribution is 0.408. The van der Waals surface area contributed by atoms with Crippen molar-refractivity contribution in [2.24, 2.45) is 0 Å². The van der Waals surface area contributed by atoms with Crippen molar-refractivity contribution in [1.29, 1.82) is 0 Å². The van der Waals surface area contributed by atoms with Gasteiger partial charge in [-0.25, -0.2) is 0 Å². The smallest absolute Gasteiger partial charge is 0.124 e. The highest BCUT2D eigenvalue weighted by molar-refractivity contribution is 5.64. The highest BCUT2D eigenvalue weighted by Crippen LogP contribution is 2.29. The molecule has 0 heterocycles. The maximum Gasteiger partial charge on any atom is 0.124 e. The first-order chi connectivity index (χ1) is 12.1. The Labute approximate surface area is 150 Å². The molecule has 0 saturated heterocycles. The van der Waals surface area contributed by atoms with Crippen molar-refractivity contribution in [3.63, 3.8) is 0 Å². The first kappa shape index (κ1) is 17.1. The first-order valence-electron chi connectivity index (χ1n) is 8.65. The topological polar surface area (TPSA) is 21.3 Å². The highest BCUT2D eigenvalue weighted by Gasteiger charge is 2.09. The molecule has 0 amide bonds. The Morgan fingerprint density at radius 3 is 1.92 bits per heavy atom. The molecule has 3 aromatic carbocycles. The molecule has 3 aromatic rings. The van der Waals surface area contributed by atoms with Gasteiger partial charge in [0.1, 0.15) is 5.75 Å². The molecule has 128 valence electrons. The van der Waals surface area contributed by atoms with Crippen LogP contribution in [0.1, 0.15) is 29.7 Å². The summed E-state index contributed by atoms with van der Waals surface area (Å²) in [7, 11) is 1.72. The molecule has 1 atom stereocenters. The van der Waals surface area contributed by atoms with E-state index < -0.39 is 0 Å². The van der Waals surface area contributed by atoms with Crippen molar-refractivity contribution in [2.75, 3.05) is 12.4 Å². The van der Waals surface area contributed by atoms with Gasteiger partial charge in [0, 0.05) is 11.7 Å². The van der Waals surface area contributed by atoms with E-state index in [-0.39, 0.29) is 6.04 Å². The number of aryl methyl sites for hydroxylation is 2. The number of ether oxygens (including phenoxy) is 1. The van der Waals surface area contributed by atoms with Crippen LogP contribution in [0.4, 0.5) is 5.69 Å². The molecule has 25 heavy (non-hydrogen) atoms. The van der Waals surface area contributed by atoms with Crippen LogP contribution >= 0.6 is 0 Å². The third-order valence-electron chi connectivity index (χ3n) is 4.57. The van der Waals surface area contributed by atoms with Crippen LogP contribution in [0.25, 0.3) is 11.1 Å². The van der Waals surface area contributed by atoms with Gasteiger partial charge in [-0.2, -0.15) is 0 Å². The predicted octanol–water partition coefficient (Wildman–Crippen LogP) is 6.15. The summed E-state index contributed by atoms with van der Waals surface area (Å²) in [6.07, 6.45) is 0. The van der Waals surface area contributed by atoms with Gasteiger partial charge in [0.2, 0.25) is 0 Å². The van der Waals surface area contributed by atoms with E-state index in [0.717, 1.165) is 22.6 Å². The number of nitrogens with one attached hydrogen (secondary N) is 1. The van der Waals surface area contributed by atoms with Crippen LogP contribution in [-0.4, -0.2) is 7.11 Å². The normalized spacial score (nSPS) is 11.8. The van der Waals surface area contributed by atoms with E-state index in [9.17, 15) is 0 Å². The number of hydrogen-bond acceptors (Lipinski definition) is 2. The Morgan fingerprint density at radius 1 is 0.800 bits per heavy atom. The first-order valence-corrected chi connectivity index (χ1v) is 8.65. The highest BCUT2D eigenvalue weighted by atomic mass is 16.5. The molecule has 1 N–H and O–H groups in total. The Kier molecular flexibility index (Phi) is 5.08. The van der Waals surface area contributed by atoms with E-state index in [1.165, 1.54) is 16.7 Å². The molecule has 0 unspecified atom stereocenters. The van der Waals surface area contributed by atoms with Crippen molar-refractivity contribution in [1.82, 2.24) is 0 Å². The second-order valence-corrected chi connectivity index (χ2v) is 6.50. The predicted molar refractivity (Wildman–Crippen MR) is 106 cm³/mol. The second-order valence-electron chi connectivity index (χ2n) is 6.50. The Morgan fingerprint density at radius 2 is 1.36 bits per heavy atom. The summed E-state index contributed by atoms with van der Waals surface area (Å²) in [5.41, 5.74) is 7.18. The Bertz CT molecular complexity index is 815. The van der Waals surface area contributed by atoms with Gasteiger partial charge in [-0.05, 0) is 60.7 Å². The molecule has 3 rings (SSSR count). The van der Waals surface area contributed by atoms with Gasteiger partial charge in [-0.15, -0.1) is 0 Å². The SMILES string of the molecule is COc1c(C)cc(N[C@H](C)c2ccc(-c3ccccc3)cc2)cc1C. The lowest BCUT2D eigenvalue weighted by Crippen LogP contribution is -2.07. The molecular weight excluding hydrogens is 306 g/mol. The van der Waals surface area contributed by atoms with Crippen LogP contribution < -0.4 is 10.1 Å². The van der Waals surface area contributed by atoms with Crippen molar-refractivity contribution in [2.45, 2.75) is 26.8 Å². The van der Waals surface area contributed by atoms with E-state index in [4.69, 9.17) is 4.74 Å². The van der Waals surface area contributed by atoms with E-state index in [1.807, 2.05) is 6.07 Å². The maximum atomic E-state index is 5.45. The Balaban J connectivity index is 1.76. The van der Waals surface area contributed by atoms with E-state index >= 15 is 0 Å². The molecule has 0 spiro atoms. The molecular formula is C23H25NO. The summed E-state index contributed by atoms with van der Waals surface area (Å²) >= 11 is 0. The number of methoxy groups -OCH3 is 1. The number of rotatable bonds is 5. The van der Waals surface area contributed by atoms with Crippen LogP contribution in [0.15, 0.2) is 66.7 Å². The molecule has 0 radical (unpaired) electrons. The zero-order valence-electron chi connectivity index (χ0n) is 15.3. The summed E-state index contributed by atoms with van der Waals surface area (Å²) in [5, 5.41) is 3.59. The van der Waals surface area contributed by atoms with Gasteiger partial charge in [-0.3, -0.25) is 0 Å². The van der Waals surface area contributed by atoms with Crippen molar-refractivity contribution in [3.8, 4) is 16.9 Å². The fourth-order valence-electron chi connectivity index (χ4n) is 3.28. The summed E-state index contributed by atoms with van der Waals surface area (Å²) in [6, 6.07) is 23.7. The van der Waals surface area contributed by atoms with Gasteiger partial charge in [0.15, 0.2) is 0 Å². The lowest BCUT2D eigenvalue weighted by Gasteiger charge is -2.18. The van der Waals surface area contributed by atoms with Gasteiger partial charge >= 0.3 is 0 Å². The second kappa shape index (κ2) is 7.43. The molecule has 0 aliphatic carbocycles. The molecule has 2 heteroatoms. The van der Waals surface area contributed by atoms with Gasteiger partial charge < -0.3 is 10.1 Å². The van der Waals surface area contributed by atoms with Crippen LogP contribution in [0.2, 0.25) is 0 Å². The van der Waals surface area contributed by atoms with E-state index in [2.05, 4.69) is 86.8 Å². The third kappa shape index (κ3) is 3.85. The minimum Gasteiger partial charge on any atom is -0.496 e. The summed E-state index contributed by atoms with van der Waals surface area (Å²) in [6.45, 7) is 6.35. The van der Waals surface area contributed by atoms with Crippen LogP contribution in [-0.2, 0) is 0 Å². The molecule has 0 saturated carbocycles. The molecule has 0 bridgehead atoms. The number of anilines is 1. The molecule has 0 aliphatic rings. The maximum absolute atomic E-state index is 5.45. The minimum atomic E-state index is 0.233. The Hall–Kier alpha value is -2.74. The van der Waals surface area contributed by atoms with Crippen LogP contribution in [0, 0.1) is 13.8 Å². The fourth-order valence-corrected chi connectivity index (χ4v) is 3.28. The van der Waals surface area contributed by atoms with Gasteiger partial charge in [0.25, 0.3) is 0 Å². The third-order valence-corrected chi connectivity index (χ3v) is 4.57. The number of hydrogen-bond donors (Lipinski definition) is 1. The zero-order chi connectivity index (χ0) is 17.8. The molecule has 0 aliphatic heterocycles.